The Morgan fingerprint density at radius 1 is 1.33 bits per heavy atom. The second-order valence-electron chi connectivity index (χ2n) is 5.00. The van der Waals surface area contributed by atoms with Crippen LogP contribution in [0.2, 0.25) is 0 Å². The van der Waals surface area contributed by atoms with Gasteiger partial charge in [-0.05, 0) is 24.8 Å². The predicted octanol–water partition coefficient (Wildman–Crippen LogP) is 0.335. The smallest absolute Gasteiger partial charge is 0.244 e. The monoisotopic (exact) mass is 316 g/mol. The number of rotatable bonds is 7. The summed E-state index contributed by atoms with van der Waals surface area (Å²) >= 11 is 0. The molecule has 8 heteroatoms. The zero-order valence-corrected chi connectivity index (χ0v) is 12.8. The maximum atomic E-state index is 12.3. The molecule has 1 aliphatic rings. The molecule has 1 aromatic carbocycles. The molecule has 7 nitrogen and oxygen atoms in total. The number of sulfonamides is 1. The van der Waals surface area contributed by atoms with Crippen LogP contribution in [0.4, 0.5) is 5.69 Å². The van der Waals surface area contributed by atoms with Crippen LogP contribution >= 0.6 is 0 Å². The zero-order chi connectivity index (χ0) is 15.6. The Morgan fingerprint density at radius 2 is 1.95 bits per heavy atom. The van der Waals surface area contributed by atoms with Crippen LogP contribution in [0.5, 0.6) is 11.5 Å². The van der Waals surface area contributed by atoms with Crippen molar-refractivity contribution in [2.75, 3.05) is 26.5 Å². The lowest BCUT2D eigenvalue weighted by molar-refractivity contribution is 0.155. The molecular weight excluding hydrogens is 296 g/mol. The topological polar surface area (TPSA) is 111 Å². The van der Waals surface area contributed by atoms with E-state index in [-0.39, 0.29) is 28.8 Å². The van der Waals surface area contributed by atoms with E-state index in [4.69, 9.17) is 15.2 Å². The van der Waals surface area contributed by atoms with Gasteiger partial charge in [-0.1, -0.05) is 0 Å². The molecule has 1 aromatic rings. The molecule has 0 radical (unpaired) electrons. The Balaban J connectivity index is 2.23. The molecule has 0 aliphatic heterocycles. The minimum atomic E-state index is -3.82. The molecule has 4 N–H and O–H groups in total. The second-order valence-corrected chi connectivity index (χ2v) is 6.74. The molecular formula is C13H20N2O5S. The molecule has 0 spiro atoms. The van der Waals surface area contributed by atoms with Crippen LogP contribution in [0.1, 0.15) is 12.8 Å². The van der Waals surface area contributed by atoms with Crippen molar-refractivity contribution in [3.63, 3.8) is 0 Å². The summed E-state index contributed by atoms with van der Waals surface area (Å²) in [5.74, 6) is 0.661. The molecule has 0 heterocycles. The van der Waals surface area contributed by atoms with Crippen LogP contribution in [-0.2, 0) is 10.0 Å². The van der Waals surface area contributed by atoms with Gasteiger partial charge in [-0.3, -0.25) is 0 Å². The van der Waals surface area contributed by atoms with E-state index in [0.29, 0.717) is 5.75 Å². The van der Waals surface area contributed by atoms with E-state index < -0.39 is 16.1 Å². The van der Waals surface area contributed by atoms with Gasteiger partial charge in [-0.2, -0.15) is 0 Å². The quantitative estimate of drug-likeness (QED) is 0.625. The lowest BCUT2D eigenvalue weighted by Gasteiger charge is -2.15. The third-order valence-corrected chi connectivity index (χ3v) is 4.90. The number of nitrogen functional groups attached to an aromatic ring is 1. The average molecular weight is 316 g/mol. The van der Waals surface area contributed by atoms with Gasteiger partial charge in [0.1, 0.15) is 16.4 Å². The van der Waals surface area contributed by atoms with E-state index in [9.17, 15) is 13.5 Å². The van der Waals surface area contributed by atoms with E-state index in [0.717, 1.165) is 12.8 Å². The summed E-state index contributed by atoms with van der Waals surface area (Å²) in [6, 6.07) is 2.70. The summed E-state index contributed by atoms with van der Waals surface area (Å²) in [5, 5.41) is 9.76. The second kappa shape index (κ2) is 6.08. The first-order valence-corrected chi connectivity index (χ1v) is 8.06. The largest absolute Gasteiger partial charge is 0.495 e. The van der Waals surface area contributed by atoms with E-state index in [1.54, 1.807) is 0 Å². The minimum absolute atomic E-state index is 0.0257. The van der Waals surface area contributed by atoms with Crippen molar-refractivity contribution in [3.8, 4) is 11.5 Å². The van der Waals surface area contributed by atoms with Gasteiger partial charge in [-0.15, -0.1) is 0 Å². The van der Waals surface area contributed by atoms with Crippen LogP contribution in [0, 0.1) is 5.92 Å². The number of hydrogen-bond acceptors (Lipinski definition) is 6. The van der Waals surface area contributed by atoms with Gasteiger partial charge >= 0.3 is 0 Å². The number of methoxy groups -OCH3 is 2. The van der Waals surface area contributed by atoms with Crippen LogP contribution < -0.4 is 19.9 Å². The highest BCUT2D eigenvalue weighted by atomic mass is 32.2. The van der Waals surface area contributed by atoms with Crippen LogP contribution in [-0.4, -0.2) is 40.4 Å². The van der Waals surface area contributed by atoms with Crippen LogP contribution in [0.3, 0.4) is 0 Å². The minimum Gasteiger partial charge on any atom is -0.495 e. The molecule has 1 aliphatic carbocycles. The molecule has 1 atom stereocenters. The van der Waals surface area contributed by atoms with Crippen molar-refractivity contribution >= 4 is 15.7 Å². The number of nitrogens with one attached hydrogen (secondary N) is 1. The lowest BCUT2D eigenvalue weighted by atomic mass is 10.2. The molecule has 0 amide bonds. The normalized spacial score (nSPS) is 16.5. The fourth-order valence-corrected chi connectivity index (χ4v) is 3.26. The Kier molecular flexibility index (Phi) is 4.60. The first-order valence-electron chi connectivity index (χ1n) is 6.58. The first-order chi connectivity index (χ1) is 9.89. The third-order valence-electron chi connectivity index (χ3n) is 3.45. The molecule has 1 unspecified atom stereocenters. The number of benzene rings is 1. The molecule has 2 rings (SSSR count). The van der Waals surface area contributed by atoms with Crippen molar-refractivity contribution in [2.24, 2.45) is 5.92 Å². The van der Waals surface area contributed by atoms with E-state index in [2.05, 4.69) is 4.72 Å². The number of anilines is 1. The maximum absolute atomic E-state index is 12.3. The van der Waals surface area contributed by atoms with Gasteiger partial charge in [0.2, 0.25) is 10.0 Å². The van der Waals surface area contributed by atoms with Crippen molar-refractivity contribution in [1.29, 1.82) is 0 Å². The number of hydrogen-bond donors (Lipinski definition) is 3. The molecule has 21 heavy (non-hydrogen) atoms. The molecule has 1 fully saturated rings. The fraction of sp³-hybridized carbons (Fsp3) is 0.538. The van der Waals surface area contributed by atoms with E-state index >= 15 is 0 Å². The van der Waals surface area contributed by atoms with Gasteiger partial charge in [0.05, 0.1) is 26.0 Å². The SMILES string of the molecule is COc1cc(OC)c(S(=O)(=O)NCC(O)C2CC2)cc1N. The standard InChI is InChI=1S/C13H20N2O5S/c1-19-11-6-12(20-2)13(5-9(11)14)21(17,18)15-7-10(16)8-3-4-8/h5-6,8,10,15-16H,3-4,7,14H2,1-2H3. The molecule has 1 saturated carbocycles. The van der Waals surface area contributed by atoms with E-state index in [1.165, 1.54) is 26.4 Å². The summed E-state index contributed by atoms with van der Waals surface area (Å²) in [5.41, 5.74) is 5.94. The fourth-order valence-electron chi connectivity index (χ4n) is 2.02. The van der Waals surface area contributed by atoms with Crippen molar-refractivity contribution in [3.05, 3.63) is 12.1 Å². The third kappa shape index (κ3) is 3.58. The van der Waals surface area contributed by atoms with E-state index in [1.807, 2.05) is 0 Å². The molecule has 118 valence electrons. The van der Waals surface area contributed by atoms with Crippen molar-refractivity contribution in [1.82, 2.24) is 4.72 Å². The highest BCUT2D eigenvalue weighted by Crippen LogP contribution is 2.34. The summed E-state index contributed by atoms with van der Waals surface area (Å²) in [6.07, 6.45) is 1.20. The molecule has 0 saturated heterocycles. The van der Waals surface area contributed by atoms with Gasteiger partial charge < -0.3 is 20.3 Å². The van der Waals surface area contributed by atoms with Gasteiger partial charge in [0.15, 0.2) is 0 Å². The van der Waals surface area contributed by atoms with Gasteiger partial charge in [0, 0.05) is 12.6 Å². The number of nitrogens with two attached hydrogens (primary N) is 1. The number of aliphatic hydroxyl groups is 1. The lowest BCUT2D eigenvalue weighted by Crippen LogP contribution is -2.33. The number of aliphatic hydroxyl groups excluding tert-OH is 1. The Labute approximate surface area is 124 Å². The Morgan fingerprint density at radius 3 is 2.48 bits per heavy atom. The zero-order valence-electron chi connectivity index (χ0n) is 12.0. The van der Waals surface area contributed by atoms with Crippen LogP contribution in [0.25, 0.3) is 0 Å². The summed E-state index contributed by atoms with van der Waals surface area (Å²) < 4.78 is 37.1. The average Bonchev–Trinajstić information content (AvgIpc) is 3.29. The van der Waals surface area contributed by atoms with Crippen molar-refractivity contribution in [2.45, 2.75) is 23.8 Å². The molecule has 0 aromatic heterocycles. The number of ether oxygens (including phenoxy) is 2. The summed E-state index contributed by atoms with van der Waals surface area (Å²) in [6.45, 7) is -0.0257. The Bertz CT molecular complexity index is 613. The predicted molar refractivity (Wildman–Crippen MR) is 77.9 cm³/mol. The first kappa shape index (κ1) is 15.9. The maximum Gasteiger partial charge on any atom is 0.244 e. The van der Waals surface area contributed by atoms with Gasteiger partial charge in [-0.25, -0.2) is 13.1 Å². The van der Waals surface area contributed by atoms with Crippen molar-refractivity contribution < 1.29 is 23.0 Å². The summed E-state index contributed by atoms with van der Waals surface area (Å²) in [4.78, 5) is -0.0775. The highest BCUT2D eigenvalue weighted by molar-refractivity contribution is 7.89. The van der Waals surface area contributed by atoms with Gasteiger partial charge in [0.25, 0.3) is 0 Å². The molecule has 0 bridgehead atoms. The van der Waals surface area contributed by atoms with Crippen LogP contribution in [0.15, 0.2) is 17.0 Å². The highest BCUT2D eigenvalue weighted by Gasteiger charge is 2.31. The summed E-state index contributed by atoms with van der Waals surface area (Å²) in [7, 11) is -1.02. The Hall–Kier alpha value is -1.51.